The van der Waals surface area contributed by atoms with E-state index >= 15 is 0 Å². The molecule has 1 aromatic carbocycles. The third-order valence-electron chi connectivity index (χ3n) is 2.53. The van der Waals surface area contributed by atoms with E-state index in [1.54, 1.807) is 0 Å². The van der Waals surface area contributed by atoms with Crippen molar-refractivity contribution in [1.82, 2.24) is 5.32 Å². The van der Waals surface area contributed by atoms with Crippen LogP contribution in [-0.4, -0.2) is 25.7 Å². The number of hydrogen-bond acceptors (Lipinski definition) is 3. The lowest BCUT2D eigenvalue weighted by molar-refractivity contribution is -0.114. The predicted octanol–water partition coefficient (Wildman–Crippen LogP) is 2.33. The van der Waals surface area contributed by atoms with E-state index in [2.05, 4.69) is 17.2 Å². The molecule has 2 N–H and O–H groups in total. The lowest BCUT2D eigenvalue weighted by Gasteiger charge is -2.10. The van der Waals surface area contributed by atoms with Gasteiger partial charge in [-0.25, -0.2) is 0 Å². The highest BCUT2D eigenvalue weighted by Crippen LogP contribution is 2.14. The molecule has 4 heteroatoms. The van der Waals surface area contributed by atoms with Crippen LogP contribution in [0.25, 0.3) is 0 Å². The number of rotatable bonds is 9. The molecule has 0 spiro atoms. The largest absolute Gasteiger partial charge is 0.380 e. The van der Waals surface area contributed by atoms with Gasteiger partial charge in [-0.3, -0.25) is 4.79 Å². The van der Waals surface area contributed by atoms with Crippen molar-refractivity contribution in [3.05, 3.63) is 42.5 Å². The molecule has 19 heavy (non-hydrogen) atoms. The molecule has 1 amide bonds. The smallest absolute Gasteiger partial charge is 0.221 e. The maximum absolute atomic E-state index is 11.1. The molecule has 0 aliphatic rings. The fraction of sp³-hybridized carbons (Fsp3) is 0.400. The van der Waals surface area contributed by atoms with Crippen LogP contribution in [-0.2, 0) is 16.1 Å². The summed E-state index contributed by atoms with van der Waals surface area (Å²) in [6.45, 7) is 8.03. The number of hydrogen-bond donors (Lipinski definition) is 2. The van der Waals surface area contributed by atoms with Gasteiger partial charge < -0.3 is 15.4 Å². The fourth-order valence-electron chi connectivity index (χ4n) is 1.62. The number of para-hydroxylation sites is 1. The van der Waals surface area contributed by atoms with Crippen LogP contribution in [0.2, 0.25) is 0 Å². The molecule has 0 atom stereocenters. The molecule has 104 valence electrons. The minimum Gasteiger partial charge on any atom is -0.380 e. The van der Waals surface area contributed by atoms with Gasteiger partial charge >= 0.3 is 0 Å². The van der Waals surface area contributed by atoms with Crippen molar-refractivity contribution in [3.63, 3.8) is 0 Å². The molecule has 1 aromatic rings. The Kier molecular flexibility index (Phi) is 7.54. The molecule has 4 nitrogen and oxygen atoms in total. The second-order valence-electron chi connectivity index (χ2n) is 4.20. The molecule has 0 aliphatic carbocycles. The maximum atomic E-state index is 11.1. The average Bonchev–Trinajstić information content (AvgIpc) is 2.39. The van der Waals surface area contributed by atoms with Crippen molar-refractivity contribution in [1.29, 1.82) is 0 Å². The molecule has 0 radical (unpaired) electrons. The molecule has 1 rings (SSSR count). The van der Waals surface area contributed by atoms with Gasteiger partial charge in [0, 0.05) is 25.7 Å². The van der Waals surface area contributed by atoms with E-state index in [9.17, 15) is 4.79 Å². The van der Waals surface area contributed by atoms with E-state index in [-0.39, 0.29) is 5.91 Å². The highest BCUT2D eigenvalue weighted by molar-refractivity contribution is 5.89. The molecule has 0 bridgehead atoms. The van der Waals surface area contributed by atoms with Crippen LogP contribution < -0.4 is 10.6 Å². The Bertz CT molecular complexity index is 405. The van der Waals surface area contributed by atoms with Gasteiger partial charge in [0.15, 0.2) is 0 Å². The van der Waals surface area contributed by atoms with Crippen LogP contribution in [0.15, 0.2) is 36.9 Å². The lowest BCUT2D eigenvalue weighted by atomic mass is 10.1. The normalized spacial score (nSPS) is 10.2. The number of carbonyl (C=O) groups is 1. The summed E-state index contributed by atoms with van der Waals surface area (Å²) in [6, 6.07) is 7.77. The lowest BCUT2D eigenvalue weighted by Crippen LogP contribution is -2.20. The first-order valence-electron chi connectivity index (χ1n) is 6.49. The van der Waals surface area contributed by atoms with Gasteiger partial charge in [-0.15, -0.1) is 6.58 Å². The van der Waals surface area contributed by atoms with Crippen LogP contribution >= 0.6 is 0 Å². The molecule has 0 saturated heterocycles. The monoisotopic (exact) mass is 262 g/mol. The van der Waals surface area contributed by atoms with Gasteiger partial charge in [0.05, 0.1) is 13.2 Å². The summed E-state index contributed by atoms with van der Waals surface area (Å²) in [4.78, 5) is 11.1. The van der Waals surface area contributed by atoms with Gasteiger partial charge in [0.1, 0.15) is 0 Å². The first-order valence-corrected chi connectivity index (χ1v) is 6.49. The van der Waals surface area contributed by atoms with E-state index in [0.29, 0.717) is 19.8 Å². The Hall–Kier alpha value is -1.65. The molecule has 0 aromatic heterocycles. The number of ether oxygens (including phenoxy) is 1. The maximum Gasteiger partial charge on any atom is 0.221 e. The molecule has 0 heterocycles. The summed E-state index contributed by atoms with van der Waals surface area (Å²) < 4.78 is 5.40. The standard InChI is InChI=1S/C15H22N2O2/c1-3-4-10-19-11-9-16-12-14-7-5-6-8-15(14)17-13(2)18/h3,5-8,16H,1,4,9-12H2,2H3,(H,17,18). The van der Waals surface area contributed by atoms with Crippen molar-refractivity contribution in [3.8, 4) is 0 Å². The van der Waals surface area contributed by atoms with Crippen molar-refractivity contribution < 1.29 is 9.53 Å². The van der Waals surface area contributed by atoms with Gasteiger partial charge in [-0.05, 0) is 18.1 Å². The van der Waals surface area contributed by atoms with Crippen LogP contribution in [0.5, 0.6) is 0 Å². The molecule has 0 aliphatic heterocycles. The van der Waals surface area contributed by atoms with E-state index < -0.39 is 0 Å². The van der Waals surface area contributed by atoms with Crippen LogP contribution in [0.4, 0.5) is 5.69 Å². The van der Waals surface area contributed by atoms with Crippen molar-refractivity contribution in [2.45, 2.75) is 19.9 Å². The van der Waals surface area contributed by atoms with Crippen LogP contribution in [0.3, 0.4) is 0 Å². The Balaban J connectivity index is 2.28. The zero-order chi connectivity index (χ0) is 13.9. The Morgan fingerprint density at radius 1 is 1.37 bits per heavy atom. The number of carbonyl (C=O) groups excluding carboxylic acids is 1. The number of anilines is 1. The minimum atomic E-state index is -0.0554. The minimum absolute atomic E-state index is 0.0554. The molecular weight excluding hydrogens is 240 g/mol. The van der Waals surface area contributed by atoms with E-state index in [4.69, 9.17) is 4.74 Å². The summed E-state index contributed by atoms with van der Waals surface area (Å²) in [6.07, 6.45) is 2.72. The SMILES string of the molecule is C=CCCOCCNCc1ccccc1NC(C)=O. The molecular formula is C15H22N2O2. The van der Waals surface area contributed by atoms with Gasteiger partial charge in [0.25, 0.3) is 0 Å². The zero-order valence-corrected chi connectivity index (χ0v) is 11.4. The Morgan fingerprint density at radius 2 is 2.16 bits per heavy atom. The summed E-state index contributed by atoms with van der Waals surface area (Å²) in [7, 11) is 0. The first-order chi connectivity index (χ1) is 9.24. The average molecular weight is 262 g/mol. The molecule has 0 fully saturated rings. The summed E-state index contributed by atoms with van der Waals surface area (Å²) in [5, 5.41) is 6.11. The van der Waals surface area contributed by atoms with Gasteiger partial charge in [0.2, 0.25) is 5.91 Å². The molecule has 0 unspecified atom stereocenters. The highest BCUT2D eigenvalue weighted by atomic mass is 16.5. The van der Waals surface area contributed by atoms with Gasteiger partial charge in [-0.1, -0.05) is 24.3 Å². The quantitative estimate of drug-likeness (QED) is 0.530. The third kappa shape index (κ3) is 6.74. The number of nitrogens with one attached hydrogen (secondary N) is 2. The number of amides is 1. The van der Waals surface area contributed by atoms with Crippen molar-refractivity contribution >= 4 is 11.6 Å². The molecule has 0 saturated carbocycles. The fourth-order valence-corrected chi connectivity index (χ4v) is 1.62. The third-order valence-corrected chi connectivity index (χ3v) is 2.53. The van der Waals surface area contributed by atoms with E-state index in [0.717, 1.165) is 24.2 Å². The van der Waals surface area contributed by atoms with E-state index in [1.807, 2.05) is 30.3 Å². The number of benzene rings is 1. The predicted molar refractivity (Wildman–Crippen MR) is 78.1 cm³/mol. The zero-order valence-electron chi connectivity index (χ0n) is 11.4. The second-order valence-corrected chi connectivity index (χ2v) is 4.20. The first kappa shape index (κ1) is 15.4. The van der Waals surface area contributed by atoms with Crippen LogP contribution in [0.1, 0.15) is 18.9 Å². The van der Waals surface area contributed by atoms with Crippen LogP contribution in [0, 0.1) is 0 Å². The Morgan fingerprint density at radius 3 is 2.89 bits per heavy atom. The van der Waals surface area contributed by atoms with Crippen molar-refractivity contribution in [2.24, 2.45) is 0 Å². The summed E-state index contributed by atoms with van der Waals surface area (Å²) >= 11 is 0. The van der Waals surface area contributed by atoms with Gasteiger partial charge in [-0.2, -0.15) is 0 Å². The highest BCUT2D eigenvalue weighted by Gasteiger charge is 2.02. The summed E-state index contributed by atoms with van der Waals surface area (Å²) in [5.41, 5.74) is 1.93. The second kappa shape index (κ2) is 9.30. The summed E-state index contributed by atoms with van der Waals surface area (Å²) in [5.74, 6) is -0.0554. The van der Waals surface area contributed by atoms with E-state index in [1.165, 1.54) is 6.92 Å². The topological polar surface area (TPSA) is 50.4 Å². The van der Waals surface area contributed by atoms with Crippen molar-refractivity contribution in [2.75, 3.05) is 25.1 Å². The Labute approximate surface area is 114 Å².